The van der Waals surface area contributed by atoms with Crippen molar-refractivity contribution in [1.29, 1.82) is 0 Å². The second-order valence-electron chi connectivity index (χ2n) is 6.40. The van der Waals surface area contributed by atoms with Crippen LogP contribution >= 0.6 is 0 Å². The third-order valence-corrected chi connectivity index (χ3v) is 4.31. The van der Waals surface area contributed by atoms with Gasteiger partial charge in [-0.05, 0) is 19.3 Å². The molecule has 0 aromatic rings. The van der Waals surface area contributed by atoms with Crippen LogP contribution in [0.15, 0.2) is 12.7 Å². The Morgan fingerprint density at radius 2 is 1.65 bits per heavy atom. The molecular formula is C18H34O5. The topological polar surface area (TPSA) is 79.2 Å². The Kier molecular flexibility index (Phi) is 11.5. The third-order valence-electron chi connectivity index (χ3n) is 4.31. The zero-order valence-electron chi connectivity index (χ0n) is 14.2. The van der Waals surface area contributed by atoms with Gasteiger partial charge in [0.15, 0.2) is 0 Å². The maximum atomic E-state index is 9.87. The summed E-state index contributed by atoms with van der Waals surface area (Å²) >= 11 is 0. The van der Waals surface area contributed by atoms with E-state index in [0.29, 0.717) is 6.61 Å². The minimum absolute atomic E-state index is 0.0660. The maximum Gasteiger partial charge on any atom is 0.114 e. The summed E-state index contributed by atoms with van der Waals surface area (Å²) in [5, 5.41) is 28.9. The Hall–Kier alpha value is -0.460. The molecule has 0 spiro atoms. The van der Waals surface area contributed by atoms with E-state index in [1.807, 2.05) is 6.08 Å². The summed E-state index contributed by atoms with van der Waals surface area (Å²) in [5.74, 6) is 0. The summed E-state index contributed by atoms with van der Waals surface area (Å²) in [6.45, 7) is 4.54. The van der Waals surface area contributed by atoms with E-state index in [9.17, 15) is 15.3 Å². The highest BCUT2D eigenvalue weighted by Crippen LogP contribution is 2.18. The molecule has 0 radical (unpaired) electrons. The van der Waals surface area contributed by atoms with Crippen molar-refractivity contribution < 1.29 is 24.8 Å². The molecule has 4 atom stereocenters. The van der Waals surface area contributed by atoms with Crippen LogP contribution < -0.4 is 0 Å². The summed E-state index contributed by atoms with van der Waals surface area (Å²) in [4.78, 5) is 0. The van der Waals surface area contributed by atoms with Crippen LogP contribution in [0.25, 0.3) is 0 Å². The Morgan fingerprint density at radius 3 is 2.22 bits per heavy atom. The number of unbranched alkanes of at least 4 members (excludes halogenated alkanes) is 8. The van der Waals surface area contributed by atoms with Crippen molar-refractivity contribution in [2.75, 3.05) is 19.8 Å². The standard InChI is InChI=1S/C18H34O5/c1-2-3-4-5-6-7-8-9-10-11-12-22-13-16(20)18-17(21)15(19)14-23-18/h2,15-21H,1,3-14H2/t15-,16+,17+,18+/m1/s1. The van der Waals surface area contributed by atoms with Crippen LogP contribution in [0, 0.1) is 0 Å². The van der Waals surface area contributed by atoms with E-state index in [0.717, 1.165) is 19.3 Å². The molecule has 0 saturated carbocycles. The van der Waals surface area contributed by atoms with Crippen LogP contribution in [0.3, 0.4) is 0 Å². The molecule has 136 valence electrons. The van der Waals surface area contributed by atoms with E-state index in [1.165, 1.54) is 38.5 Å². The van der Waals surface area contributed by atoms with Crippen molar-refractivity contribution in [3.8, 4) is 0 Å². The first-order valence-corrected chi connectivity index (χ1v) is 9.01. The van der Waals surface area contributed by atoms with Gasteiger partial charge >= 0.3 is 0 Å². The average molecular weight is 330 g/mol. The summed E-state index contributed by atoms with van der Waals surface area (Å²) in [5.41, 5.74) is 0. The molecule has 5 nitrogen and oxygen atoms in total. The molecule has 1 fully saturated rings. The zero-order chi connectivity index (χ0) is 16.9. The molecule has 0 unspecified atom stereocenters. The SMILES string of the molecule is C=CCCCCCCCCCCOC[C@H](O)[C@@H]1OC[C@@H](O)[C@@H]1O. The number of allylic oxidation sites excluding steroid dienone is 1. The average Bonchev–Trinajstić information content (AvgIpc) is 2.88. The largest absolute Gasteiger partial charge is 0.388 e. The Morgan fingerprint density at radius 1 is 1.04 bits per heavy atom. The molecule has 0 bridgehead atoms. The van der Waals surface area contributed by atoms with Crippen molar-refractivity contribution in [3.63, 3.8) is 0 Å². The highest BCUT2D eigenvalue weighted by atomic mass is 16.5. The van der Waals surface area contributed by atoms with E-state index < -0.39 is 24.4 Å². The monoisotopic (exact) mass is 330 g/mol. The van der Waals surface area contributed by atoms with E-state index in [2.05, 4.69) is 6.58 Å². The smallest absolute Gasteiger partial charge is 0.114 e. The number of rotatable bonds is 14. The molecule has 0 aromatic carbocycles. The van der Waals surface area contributed by atoms with Gasteiger partial charge in [0, 0.05) is 6.61 Å². The lowest BCUT2D eigenvalue weighted by atomic mass is 10.1. The predicted molar refractivity (Wildman–Crippen MR) is 90.3 cm³/mol. The van der Waals surface area contributed by atoms with Crippen LogP contribution in [0.2, 0.25) is 0 Å². The predicted octanol–water partition coefficient (Wildman–Crippen LogP) is 2.18. The number of aliphatic hydroxyl groups excluding tert-OH is 3. The van der Waals surface area contributed by atoms with Crippen LogP contribution in [0.4, 0.5) is 0 Å². The molecular weight excluding hydrogens is 296 g/mol. The van der Waals surface area contributed by atoms with Gasteiger partial charge in [0.1, 0.15) is 24.4 Å². The molecule has 0 amide bonds. The van der Waals surface area contributed by atoms with Gasteiger partial charge in [-0.15, -0.1) is 6.58 Å². The van der Waals surface area contributed by atoms with Gasteiger partial charge in [0.05, 0.1) is 13.2 Å². The maximum absolute atomic E-state index is 9.87. The lowest BCUT2D eigenvalue weighted by Gasteiger charge is -2.20. The molecule has 0 aliphatic carbocycles. The fourth-order valence-electron chi connectivity index (χ4n) is 2.82. The minimum Gasteiger partial charge on any atom is -0.388 e. The summed E-state index contributed by atoms with van der Waals surface area (Å²) in [7, 11) is 0. The normalized spacial score (nSPS) is 25.6. The lowest BCUT2D eigenvalue weighted by molar-refractivity contribution is -0.0813. The fourth-order valence-corrected chi connectivity index (χ4v) is 2.82. The quantitative estimate of drug-likeness (QED) is 0.336. The van der Waals surface area contributed by atoms with Gasteiger partial charge in [-0.1, -0.05) is 44.6 Å². The summed E-state index contributed by atoms with van der Waals surface area (Å²) < 4.78 is 10.6. The van der Waals surface area contributed by atoms with Crippen molar-refractivity contribution in [2.45, 2.75) is 82.2 Å². The van der Waals surface area contributed by atoms with E-state index >= 15 is 0 Å². The van der Waals surface area contributed by atoms with Gasteiger partial charge in [0.2, 0.25) is 0 Å². The third kappa shape index (κ3) is 8.82. The number of hydrogen-bond acceptors (Lipinski definition) is 5. The van der Waals surface area contributed by atoms with Crippen LogP contribution in [0.5, 0.6) is 0 Å². The van der Waals surface area contributed by atoms with Crippen molar-refractivity contribution in [1.82, 2.24) is 0 Å². The van der Waals surface area contributed by atoms with E-state index in [-0.39, 0.29) is 13.2 Å². The van der Waals surface area contributed by atoms with Crippen molar-refractivity contribution >= 4 is 0 Å². The van der Waals surface area contributed by atoms with Gasteiger partial charge < -0.3 is 24.8 Å². The van der Waals surface area contributed by atoms with Gasteiger partial charge in [-0.25, -0.2) is 0 Å². The van der Waals surface area contributed by atoms with Crippen molar-refractivity contribution in [3.05, 3.63) is 12.7 Å². The molecule has 1 aliphatic rings. The Balaban J connectivity index is 1.85. The zero-order valence-corrected chi connectivity index (χ0v) is 14.2. The summed E-state index contributed by atoms with van der Waals surface area (Å²) in [6.07, 6.45) is 9.35. The second-order valence-corrected chi connectivity index (χ2v) is 6.40. The Bertz CT molecular complexity index is 297. The van der Waals surface area contributed by atoms with E-state index in [4.69, 9.17) is 9.47 Å². The van der Waals surface area contributed by atoms with Crippen molar-refractivity contribution in [2.24, 2.45) is 0 Å². The van der Waals surface area contributed by atoms with Crippen LogP contribution in [-0.2, 0) is 9.47 Å². The first kappa shape index (κ1) is 20.6. The fraction of sp³-hybridized carbons (Fsp3) is 0.889. The molecule has 0 aromatic heterocycles. The minimum atomic E-state index is -1.03. The molecule has 1 aliphatic heterocycles. The highest BCUT2D eigenvalue weighted by Gasteiger charge is 2.39. The molecule has 1 saturated heterocycles. The molecule has 23 heavy (non-hydrogen) atoms. The number of ether oxygens (including phenoxy) is 2. The molecule has 1 heterocycles. The van der Waals surface area contributed by atoms with Crippen LogP contribution in [-0.4, -0.2) is 59.6 Å². The highest BCUT2D eigenvalue weighted by molar-refractivity contribution is 4.87. The summed E-state index contributed by atoms with van der Waals surface area (Å²) in [6, 6.07) is 0. The van der Waals surface area contributed by atoms with Gasteiger partial charge in [-0.2, -0.15) is 0 Å². The first-order valence-electron chi connectivity index (χ1n) is 9.01. The lowest BCUT2D eigenvalue weighted by Crippen LogP contribution is -2.40. The molecule has 5 heteroatoms. The number of hydrogen-bond donors (Lipinski definition) is 3. The Labute approximate surface area is 140 Å². The molecule has 3 N–H and O–H groups in total. The van der Waals surface area contributed by atoms with E-state index in [1.54, 1.807) is 0 Å². The second kappa shape index (κ2) is 12.9. The molecule has 1 rings (SSSR count). The van der Waals surface area contributed by atoms with Gasteiger partial charge in [0.25, 0.3) is 0 Å². The van der Waals surface area contributed by atoms with Crippen LogP contribution in [0.1, 0.15) is 57.8 Å². The van der Waals surface area contributed by atoms with Gasteiger partial charge in [-0.3, -0.25) is 0 Å². The number of aliphatic hydroxyl groups is 3. The first-order chi connectivity index (χ1) is 11.2.